The van der Waals surface area contributed by atoms with E-state index in [4.69, 9.17) is 4.42 Å². The lowest BCUT2D eigenvalue weighted by atomic mass is 9.93. The molecule has 1 aromatic heterocycles. The quantitative estimate of drug-likeness (QED) is 0.581. The summed E-state index contributed by atoms with van der Waals surface area (Å²) in [6.45, 7) is 3.71. The number of hydrogen-bond acceptors (Lipinski definition) is 5. The summed E-state index contributed by atoms with van der Waals surface area (Å²) in [5, 5.41) is 9.54. The number of fused-ring (bicyclic) bond motifs is 1. The molecule has 0 spiro atoms. The monoisotopic (exact) mass is 337 g/mol. The first-order valence-corrected chi connectivity index (χ1v) is 7.62. The van der Waals surface area contributed by atoms with Gasteiger partial charge in [-0.15, -0.1) is 0 Å². The lowest BCUT2D eigenvalue weighted by Crippen LogP contribution is -2.28. The molecule has 3 rings (SSSR count). The predicted octanol–water partition coefficient (Wildman–Crippen LogP) is 2.86. The molecule has 0 aliphatic rings. The number of hydrogen-bond donors (Lipinski definition) is 1. The number of benzene rings is 2. The highest BCUT2D eigenvalue weighted by molar-refractivity contribution is 6.12. The summed E-state index contributed by atoms with van der Waals surface area (Å²) in [7, 11) is 0. The molecule has 6 heteroatoms. The third-order valence-electron chi connectivity index (χ3n) is 4.09. The van der Waals surface area contributed by atoms with E-state index in [1.54, 1.807) is 42.5 Å². The van der Waals surface area contributed by atoms with Crippen molar-refractivity contribution in [1.29, 1.82) is 0 Å². The van der Waals surface area contributed by atoms with E-state index in [-0.39, 0.29) is 11.1 Å². The van der Waals surface area contributed by atoms with Gasteiger partial charge >= 0.3 is 11.6 Å². The molecule has 1 N–H and O–H groups in total. The topological polar surface area (TPSA) is 97.5 Å². The standard InChI is InChI=1S/C19H15NO5/c1-10-7-8-12(9-11(10)2)17(21)15(18(22)23)16-19(24)25-14-6-4-3-5-13(14)20-16/h3-9,15H,1-2H3,(H,22,23). The van der Waals surface area contributed by atoms with Gasteiger partial charge < -0.3 is 9.52 Å². The van der Waals surface area contributed by atoms with Crippen molar-refractivity contribution in [3.63, 3.8) is 0 Å². The van der Waals surface area contributed by atoms with Crippen LogP contribution in [0.1, 0.15) is 33.1 Å². The van der Waals surface area contributed by atoms with Gasteiger partial charge in [0, 0.05) is 5.56 Å². The Labute approximate surface area is 142 Å². The Hall–Kier alpha value is -3.28. The van der Waals surface area contributed by atoms with Crippen LogP contribution in [0.15, 0.2) is 51.7 Å². The van der Waals surface area contributed by atoms with Crippen LogP contribution in [-0.4, -0.2) is 21.8 Å². The van der Waals surface area contributed by atoms with Gasteiger partial charge in [-0.1, -0.05) is 24.3 Å². The van der Waals surface area contributed by atoms with E-state index in [1.807, 2.05) is 13.8 Å². The van der Waals surface area contributed by atoms with Crippen LogP contribution in [0.3, 0.4) is 0 Å². The Morgan fingerprint density at radius 1 is 1.08 bits per heavy atom. The van der Waals surface area contributed by atoms with Gasteiger partial charge in [-0.25, -0.2) is 9.78 Å². The highest BCUT2D eigenvalue weighted by Crippen LogP contribution is 2.21. The predicted molar refractivity (Wildman–Crippen MR) is 90.9 cm³/mol. The summed E-state index contributed by atoms with van der Waals surface area (Å²) in [6.07, 6.45) is 0. The number of para-hydroxylation sites is 2. The smallest absolute Gasteiger partial charge is 0.359 e. The Morgan fingerprint density at radius 3 is 2.48 bits per heavy atom. The van der Waals surface area contributed by atoms with Crippen LogP contribution in [0, 0.1) is 13.8 Å². The molecular weight excluding hydrogens is 322 g/mol. The number of aryl methyl sites for hydroxylation is 2. The maximum atomic E-state index is 12.7. The van der Waals surface area contributed by atoms with Crippen LogP contribution >= 0.6 is 0 Å². The van der Waals surface area contributed by atoms with E-state index < -0.39 is 29.0 Å². The van der Waals surface area contributed by atoms with Crippen molar-refractivity contribution in [2.24, 2.45) is 0 Å². The molecule has 0 aliphatic carbocycles. The van der Waals surface area contributed by atoms with E-state index in [2.05, 4.69) is 4.98 Å². The second kappa shape index (κ2) is 6.32. The highest BCUT2D eigenvalue weighted by Gasteiger charge is 2.34. The number of nitrogens with zero attached hydrogens (tertiary/aromatic N) is 1. The van der Waals surface area contributed by atoms with Gasteiger partial charge in [0.2, 0.25) is 0 Å². The van der Waals surface area contributed by atoms with Crippen LogP contribution < -0.4 is 5.63 Å². The molecule has 25 heavy (non-hydrogen) atoms. The zero-order valence-corrected chi connectivity index (χ0v) is 13.6. The molecule has 0 aliphatic heterocycles. The first-order chi connectivity index (χ1) is 11.9. The summed E-state index contributed by atoms with van der Waals surface area (Å²) < 4.78 is 5.12. The third kappa shape index (κ3) is 3.06. The van der Waals surface area contributed by atoms with Crippen molar-refractivity contribution in [3.05, 3.63) is 75.3 Å². The van der Waals surface area contributed by atoms with E-state index in [0.29, 0.717) is 5.52 Å². The van der Waals surface area contributed by atoms with Gasteiger partial charge in [-0.2, -0.15) is 0 Å². The second-order valence-corrected chi connectivity index (χ2v) is 5.79. The second-order valence-electron chi connectivity index (χ2n) is 5.79. The molecule has 0 radical (unpaired) electrons. The molecule has 0 saturated carbocycles. The molecule has 0 fully saturated rings. The number of carbonyl (C=O) groups is 2. The summed E-state index contributed by atoms with van der Waals surface area (Å²) >= 11 is 0. The Morgan fingerprint density at radius 2 is 1.80 bits per heavy atom. The molecule has 0 saturated heterocycles. The molecule has 3 aromatic rings. The molecular formula is C19H15NO5. The third-order valence-corrected chi connectivity index (χ3v) is 4.09. The van der Waals surface area contributed by atoms with Crippen molar-refractivity contribution in [1.82, 2.24) is 4.98 Å². The fourth-order valence-electron chi connectivity index (χ4n) is 2.56. The average molecular weight is 337 g/mol. The van der Waals surface area contributed by atoms with Crippen molar-refractivity contribution in [2.75, 3.05) is 0 Å². The summed E-state index contributed by atoms with van der Waals surface area (Å²) in [5.41, 5.74) is 1.25. The van der Waals surface area contributed by atoms with Gasteiger partial charge in [0.1, 0.15) is 11.2 Å². The zero-order valence-electron chi connectivity index (χ0n) is 13.6. The van der Waals surface area contributed by atoms with Crippen LogP contribution in [0.2, 0.25) is 0 Å². The number of carboxylic acid groups (broad SMARTS) is 1. The molecule has 0 bridgehead atoms. The van der Waals surface area contributed by atoms with Crippen molar-refractivity contribution in [2.45, 2.75) is 19.8 Å². The summed E-state index contributed by atoms with van der Waals surface area (Å²) in [5.74, 6) is -3.87. The summed E-state index contributed by atoms with van der Waals surface area (Å²) in [6, 6.07) is 11.4. The van der Waals surface area contributed by atoms with Gasteiger partial charge in [0.05, 0.1) is 0 Å². The lowest BCUT2D eigenvalue weighted by molar-refractivity contribution is -0.137. The number of carbonyl (C=O) groups excluding carboxylic acids is 1. The van der Waals surface area contributed by atoms with Crippen LogP contribution in [-0.2, 0) is 4.79 Å². The SMILES string of the molecule is Cc1ccc(C(=O)C(C(=O)O)c2nc3ccccc3oc2=O)cc1C. The fraction of sp³-hybridized carbons (Fsp3) is 0.158. The van der Waals surface area contributed by atoms with Crippen LogP contribution in [0.25, 0.3) is 11.1 Å². The first kappa shape index (κ1) is 16.6. The largest absolute Gasteiger partial charge is 0.480 e. The number of Topliss-reactive ketones (excluding diaryl/α,β-unsaturated/α-hetero) is 1. The van der Waals surface area contributed by atoms with E-state index in [9.17, 15) is 19.5 Å². The molecule has 1 atom stereocenters. The van der Waals surface area contributed by atoms with Gasteiger partial charge in [0.25, 0.3) is 0 Å². The Balaban J connectivity index is 2.14. The van der Waals surface area contributed by atoms with Gasteiger partial charge in [0.15, 0.2) is 17.3 Å². The number of rotatable bonds is 4. The number of aliphatic carboxylic acids is 1. The van der Waals surface area contributed by atoms with Crippen LogP contribution in [0.4, 0.5) is 0 Å². The Bertz CT molecular complexity index is 1050. The normalized spacial score (nSPS) is 12.1. The molecule has 1 unspecified atom stereocenters. The van der Waals surface area contributed by atoms with Crippen molar-refractivity contribution < 1.29 is 19.1 Å². The van der Waals surface area contributed by atoms with Gasteiger partial charge in [-0.05, 0) is 43.2 Å². The Kier molecular flexibility index (Phi) is 4.19. The minimum atomic E-state index is -1.72. The van der Waals surface area contributed by atoms with Crippen molar-refractivity contribution in [3.8, 4) is 0 Å². The van der Waals surface area contributed by atoms with E-state index >= 15 is 0 Å². The zero-order chi connectivity index (χ0) is 18.1. The molecule has 2 aromatic carbocycles. The summed E-state index contributed by atoms with van der Waals surface area (Å²) in [4.78, 5) is 40.7. The molecule has 0 amide bonds. The van der Waals surface area contributed by atoms with E-state index in [1.165, 1.54) is 0 Å². The molecule has 1 heterocycles. The number of ketones is 1. The number of carboxylic acids is 1. The maximum absolute atomic E-state index is 12.7. The van der Waals surface area contributed by atoms with Crippen molar-refractivity contribution >= 4 is 22.9 Å². The van der Waals surface area contributed by atoms with Gasteiger partial charge in [-0.3, -0.25) is 9.59 Å². The minimum absolute atomic E-state index is 0.213. The molecule has 126 valence electrons. The van der Waals surface area contributed by atoms with Crippen LogP contribution in [0.5, 0.6) is 0 Å². The van der Waals surface area contributed by atoms with E-state index in [0.717, 1.165) is 11.1 Å². The molecule has 6 nitrogen and oxygen atoms in total. The minimum Gasteiger partial charge on any atom is -0.480 e. The first-order valence-electron chi connectivity index (χ1n) is 7.62. The highest BCUT2D eigenvalue weighted by atomic mass is 16.4. The number of aromatic nitrogens is 1. The fourth-order valence-corrected chi connectivity index (χ4v) is 2.56. The average Bonchev–Trinajstić information content (AvgIpc) is 2.57. The lowest BCUT2D eigenvalue weighted by Gasteiger charge is -2.11. The maximum Gasteiger partial charge on any atom is 0.359 e.